The van der Waals surface area contributed by atoms with E-state index in [2.05, 4.69) is 4.90 Å². The molecule has 0 bridgehead atoms. The van der Waals surface area contributed by atoms with Crippen molar-refractivity contribution in [1.29, 1.82) is 0 Å². The van der Waals surface area contributed by atoms with E-state index in [0.717, 1.165) is 26.3 Å². The molecule has 1 aliphatic heterocycles. The first-order valence-corrected chi connectivity index (χ1v) is 4.40. The van der Waals surface area contributed by atoms with E-state index < -0.39 is 0 Å². The van der Waals surface area contributed by atoms with Gasteiger partial charge in [-0.25, -0.2) is 0 Å². The standard InChI is InChI=1S/C7H14ClNO2/c8-5-7(6-10)9-1-3-11-4-2-9/h7,10H,1-6H2. The van der Waals surface area contributed by atoms with Crippen LogP contribution in [0.3, 0.4) is 0 Å². The van der Waals surface area contributed by atoms with Crippen LogP contribution in [0.1, 0.15) is 0 Å². The van der Waals surface area contributed by atoms with Crippen LogP contribution in [0, 0.1) is 0 Å². The molecule has 1 N–H and O–H groups in total. The minimum Gasteiger partial charge on any atom is -0.395 e. The van der Waals surface area contributed by atoms with Crippen molar-refractivity contribution in [3.05, 3.63) is 0 Å². The summed E-state index contributed by atoms with van der Waals surface area (Å²) in [5.41, 5.74) is 0. The highest BCUT2D eigenvalue weighted by atomic mass is 35.5. The second kappa shape index (κ2) is 4.93. The Bertz CT molecular complexity index is 103. The highest BCUT2D eigenvalue weighted by Crippen LogP contribution is 2.04. The van der Waals surface area contributed by atoms with Crippen LogP contribution in [0.5, 0.6) is 0 Å². The average molecular weight is 180 g/mol. The highest BCUT2D eigenvalue weighted by Gasteiger charge is 2.18. The van der Waals surface area contributed by atoms with E-state index >= 15 is 0 Å². The molecule has 0 aliphatic carbocycles. The molecule has 0 radical (unpaired) electrons. The maximum Gasteiger partial charge on any atom is 0.0598 e. The summed E-state index contributed by atoms with van der Waals surface area (Å²) in [7, 11) is 0. The number of aliphatic hydroxyl groups excluding tert-OH is 1. The topological polar surface area (TPSA) is 32.7 Å². The first kappa shape index (κ1) is 9.26. The summed E-state index contributed by atoms with van der Waals surface area (Å²) in [4.78, 5) is 2.16. The number of halogens is 1. The fourth-order valence-electron chi connectivity index (χ4n) is 1.20. The summed E-state index contributed by atoms with van der Waals surface area (Å²) >= 11 is 5.66. The number of alkyl halides is 1. The molecule has 1 atom stereocenters. The number of rotatable bonds is 3. The van der Waals surface area contributed by atoms with Gasteiger partial charge in [0.05, 0.1) is 19.8 Å². The fraction of sp³-hybridized carbons (Fsp3) is 1.00. The Kier molecular flexibility index (Phi) is 4.15. The summed E-state index contributed by atoms with van der Waals surface area (Å²) < 4.78 is 5.17. The number of aliphatic hydroxyl groups is 1. The highest BCUT2D eigenvalue weighted by molar-refractivity contribution is 6.18. The average Bonchev–Trinajstić information content (AvgIpc) is 2.09. The first-order valence-electron chi connectivity index (χ1n) is 3.87. The van der Waals surface area contributed by atoms with Crippen molar-refractivity contribution < 1.29 is 9.84 Å². The van der Waals surface area contributed by atoms with E-state index in [4.69, 9.17) is 21.4 Å². The molecule has 1 rings (SSSR count). The van der Waals surface area contributed by atoms with E-state index in [0.29, 0.717) is 5.88 Å². The van der Waals surface area contributed by atoms with Gasteiger partial charge in [0.2, 0.25) is 0 Å². The Morgan fingerprint density at radius 2 is 2.09 bits per heavy atom. The molecule has 66 valence electrons. The maximum absolute atomic E-state index is 8.91. The largest absolute Gasteiger partial charge is 0.395 e. The number of hydrogen-bond donors (Lipinski definition) is 1. The Hall–Kier alpha value is 0.170. The van der Waals surface area contributed by atoms with Crippen LogP contribution in [0.15, 0.2) is 0 Å². The molecule has 0 saturated carbocycles. The van der Waals surface area contributed by atoms with Gasteiger partial charge in [0.1, 0.15) is 0 Å². The molecule has 0 aromatic carbocycles. The third-order valence-electron chi connectivity index (χ3n) is 1.95. The Balaban J connectivity index is 2.30. The molecule has 1 fully saturated rings. The molecule has 0 aromatic rings. The molecular formula is C7H14ClNO2. The van der Waals surface area contributed by atoms with Gasteiger partial charge in [-0.3, -0.25) is 4.90 Å². The monoisotopic (exact) mass is 179 g/mol. The fourth-order valence-corrected chi connectivity index (χ4v) is 1.50. The minimum atomic E-state index is 0.112. The third kappa shape index (κ3) is 2.60. The molecule has 1 saturated heterocycles. The van der Waals surface area contributed by atoms with Crippen molar-refractivity contribution in [2.45, 2.75) is 6.04 Å². The summed E-state index contributed by atoms with van der Waals surface area (Å²) in [6.45, 7) is 3.43. The Labute approximate surface area is 71.9 Å². The SMILES string of the molecule is OCC(CCl)N1CCOCC1. The number of morpholine rings is 1. The van der Waals surface area contributed by atoms with Gasteiger partial charge < -0.3 is 9.84 Å². The van der Waals surface area contributed by atoms with Gasteiger partial charge in [-0.2, -0.15) is 0 Å². The lowest BCUT2D eigenvalue weighted by atomic mass is 10.3. The Morgan fingerprint density at radius 3 is 2.55 bits per heavy atom. The van der Waals surface area contributed by atoms with E-state index in [1.807, 2.05) is 0 Å². The van der Waals surface area contributed by atoms with Crippen molar-refractivity contribution in [3.8, 4) is 0 Å². The van der Waals surface area contributed by atoms with E-state index in [9.17, 15) is 0 Å². The Morgan fingerprint density at radius 1 is 1.45 bits per heavy atom. The normalized spacial score (nSPS) is 23.5. The number of hydrogen-bond acceptors (Lipinski definition) is 3. The van der Waals surface area contributed by atoms with Crippen molar-refractivity contribution in [3.63, 3.8) is 0 Å². The zero-order chi connectivity index (χ0) is 8.10. The van der Waals surface area contributed by atoms with Crippen LogP contribution in [0.2, 0.25) is 0 Å². The van der Waals surface area contributed by atoms with Gasteiger partial charge in [0.25, 0.3) is 0 Å². The second-order valence-electron chi connectivity index (χ2n) is 2.64. The van der Waals surface area contributed by atoms with Gasteiger partial charge in [-0.1, -0.05) is 0 Å². The quantitative estimate of drug-likeness (QED) is 0.616. The summed E-state index contributed by atoms with van der Waals surface area (Å²) in [6.07, 6.45) is 0. The van der Waals surface area contributed by atoms with Crippen LogP contribution in [-0.2, 0) is 4.74 Å². The zero-order valence-corrected chi connectivity index (χ0v) is 7.26. The molecule has 1 unspecified atom stereocenters. The van der Waals surface area contributed by atoms with Crippen LogP contribution >= 0.6 is 11.6 Å². The molecule has 4 heteroatoms. The third-order valence-corrected chi connectivity index (χ3v) is 2.31. The molecule has 1 aliphatic rings. The smallest absolute Gasteiger partial charge is 0.0598 e. The van der Waals surface area contributed by atoms with Crippen molar-refractivity contribution in [2.75, 3.05) is 38.8 Å². The van der Waals surface area contributed by atoms with Crippen LogP contribution in [-0.4, -0.2) is 54.8 Å². The lowest BCUT2D eigenvalue weighted by Gasteiger charge is -2.32. The number of ether oxygens (including phenoxy) is 1. The van der Waals surface area contributed by atoms with Gasteiger partial charge >= 0.3 is 0 Å². The summed E-state index contributed by atoms with van der Waals surface area (Å²) in [6, 6.07) is 0.112. The molecular weight excluding hydrogens is 166 g/mol. The number of nitrogens with zero attached hydrogens (tertiary/aromatic N) is 1. The van der Waals surface area contributed by atoms with Gasteiger partial charge in [-0.15, -0.1) is 11.6 Å². The zero-order valence-electron chi connectivity index (χ0n) is 6.50. The lowest BCUT2D eigenvalue weighted by Crippen LogP contribution is -2.46. The van der Waals surface area contributed by atoms with Gasteiger partial charge in [0, 0.05) is 25.0 Å². The molecule has 0 amide bonds. The minimum absolute atomic E-state index is 0.112. The molecule has 3 nitrogen and oxygen atoms in total. The summed E-state index contributed by atoms with van der Waals surface area (Å²) in [5, 5.41) is 8.91. The van der Waals surface area contributed by atoms with Crippen molar-refractivity contribution >= 4 is 11.6 Å². The van der Waals surface area contributed by atoms with E-state index in [1.54, 1.807) is 0 Å². The molecule has 0 spiro atoms. The van der Waals surface area contributed by atoms with Crippen molar-refractivity contribution in [1.82, 2.24) is 4.90 Å². The predicted octanol–water partition coefficient (Wildman–Crippen LogP) is -0.0817. The van der Waals surface area contributed by atoms with E-state index in [1.165, 1.54) is 0 Å². The summed E-state index contributed by atoms with van der Waals surface area (Å²) in [5.74, 6) is 0.497. The molecule has 11 heavy (non-hydrogen) atoms. The molecule has 0 aromatic heterocycles. The van der Waals surface area contributed by atoms with Crippen LogP contribution < -0.4 is 0 Å². The second-order valence-corrected chi connectivity index (χ2v) is 2.95. The predicted molar refractivity (Wildman–Crippen MR) is 44.0 cm³/mol. The van der Waals surface area contributed by atoms with Gasteiger partial charge in [-0.05, 0) is 0 Å². The van der Waals surface area contributed by atoms with Crippen molar-refractivity contribution in [2.24, 2.45) is 0 Å². The molecule has 1 heterocycles. The van der Waals surface area contributed by atoms with Crippen LogP contribution in [0.25, 0.3) is 0 Å². The maximum atomic E-state index is 8.91. The lowest BCUT2D eigenvalue weighted by molar-refractivity contribution is 0.00883. The first-order chi connectivity index (χ1) is 5.38. The van der Waals surface area contributed by atoms with Crippen LogP contribution in [0.4, 0.5) is 0 Å². The van der Waals surface area contributed by atoms with E-state index in [-0.39, 0.29) is 12.6 Å². The van der Waals surface area contributed by atoms with Gasteiger partial charge in [0.15, 0.2) is 0 Å².